The second kappa shape index (κ2) is 15.9. The van der Waals surface area contributed by atoms with E-state index in [1.54, 1.807) is 0 Å². The zero-order valence-corrected chi connectivity index (χ0v) is 45.4. The fraction of sp³-hybridized carbons (Fsp3) is 0.108. The molecule has 17 rings (SSSR count). The van der Waals surface area contributed by atoms with Crippen molar-refractivity contribution in [3.8, 4) is 0 Å². The van der Waals surface area contributed by atoms with Gasteiger partial charge in [0.25, 0.3) is 0 Å². The second-order valence-electron chi connectivity index (χ2n) is 24.1. The summed E-state index contributed by atoms with van der Waals surface area (Å²) in [4.78, 5) is 4.87. The van der Waals surface area contributed by atoms with E-state index in [0.717, 1.165) is 78.0 Å². The molecule has 11 aromatic carbocycles. The monoisotopic (exact) mass is 1030 g/mol. The molecule has 0 amide bonds. The van der Waals surface area contributed by atoms with Crippen molar-refractivity contribution in [2.75, 3.05) is 9.80 Å². The van der Waals surface area contributed by atoms with E-state index >= 15 is 0 Å². The van der Waals surface area contributed by atoms with Crippen LogP contribution in [0.5, 0.6) is 0 Å². The third-order valence-corrected chi connectivity index (χ3v) is 17.5. The quantitative estimate of drug-likeness (QED) is 0.166. The molecule has 80 heavy (non-hydrogen) atoms. The third-order valence-electron chi connectivity index (χ3n) is 17.5. The van der Waals surface area contributed by atoms with Gasteiger partial charge in [0.15, 0.2) is 11.2 Å². The number of anilines is 6. The Morgan fingerprint density at radius 3 is 1.09 bits per heavy atom. The Hall–Kier alpha value is -9.78. The Morgan fingerprint density at radius 2 is 0.675 bits per heavy atom. The SMILES string of the molecule is CC(C)(C)c1ccc(N(c2cccc3c2oc2ccccc23)c2ccc3c4cc5c(cc4n4c6ccccc6c2c34)c2ccc(N(c3ccc(C(C)(C)C)cc3)c3cccc4c3oc3ccccc34)c3c4ccccc4n5c23)cc1. The second-order valence-corrected chi connectivity index (χ2v) is 24.1. The summed E-state index contributed by atoms with van der Waals surface area (Å²) in [6.45, 7) is 13.7. The third kappa shape index (κ3) is 6.13. The van der Waals surface area contributed by atoms with Gasteiger partial charge in [0.05, 0.1) is 55.8 Å². The fourth-order valence-corrected chi connectivity index (χ4v) is 13.7. The number of para-hydroxylation sites is 6. The lowest BCUT2D eigenvalue weighted by Crippen LogP contribution is -2.13. The average molecular weight is 1030 g/mol. The molecule has 0 radical (unpaired) electrons. The van der Waals surface area contributed by atoms with Crippen LogP contribution < -0.4 is 9.80 Å². The molecule has 382 valence electrons. The summed E-state index contributed by atoms with van der Waals surface area (Å²) < 4.78 is 18.8. The topological polar surface area (TPSA) is 41.6 Å². The zero-order valence-electron chi connectivity index (χ0n) is 45.4. The first-order valence-corrected chi connectivity index (χ1v) is 27.9. The smallest absolute Gasteiger partial charge is 0.159 e. The van der Waals surface area contributed by atoms with Crippen molar-refractivity contribution in [2.45, 2.75) is 52.4 Å². The Balaban J connectivity index is 0.934. The van der Waals surface area contributed by atoms with E-state index < -0.39 is 0 Å². The Kier molecular flexibility index (Phi) is 9.01. The van der Waals surface area contributed by atoms with Gasteiger partial charge in [-0.05, 0) is 107 Å². The van der Waals surface area contributed by atoms with Gasteiger partial charge in [0.2, 0.25) is 0 Å². The van der Waals surface area contributed by atoms with E-state index in [0.29, 0.717) is 0 Å². The minimum Gasteiger partial charge on any atom is -0.454 e. The number of aromatic nitrogens is 2. The molecule has 0 spiro atoms. The van der Waals surface area contributed by atoms with Gasteiger partial charge in [-0.3, -0.25) is 0 Å². The molecular formula is C74H54N4O2. The maximum atomic E-state index is 6.85. The van der Waals surface area contributed by atoms with Crippen LogP contribution in [0.2, 0.25) is 0 Å². The van der Waals surface area contributed by atoms with Gasteiger partial charge in [-0.25, -0.2) is 0 Å². The maximum absolute atomic E-state index is 6.85. The molecule has 17 aromatic rings. The summed E-state index contributed by atoms with van der Waals surface area (Å²) in [7, 11) is 0. The number of hydrogen-bond acceptors (Lipinski definition) is 4. The lowest BCUT2D eigenvalue weighted by atomic mass is 9.87. The highest BCUT2D eigenvalue weighted by atomic mass is 16.3. The van der Waals surface area contributed by atoms with E-state index in [4.69, 9.17) is 8.83 Å². The van der Waals surface area contributed by atoms with Crippen LogP contribution in [-0.4, -0.2) is 8.80 Å². The fourth-order valence-electron chi connectivity index (χ4n) is 13.7. The predicted molar refractivity (Wildman–Crippen MR) is 337 cm³/mol. The Morgan fingerprint density at radius 1 is 0.300 bits per heavy atom. The first-order chi connectivity index (χ1) is 39.0. The summed E-state index contributed by atoms with van der Waals surface area (Å²) >= 11 is 0. The van der Waals surface area contributed by atoms with Crippen molar-refractivity contribution in [1.82, 2.24) is 8.80 Å². The van der Waals surface area contributed by atoms with Crippen LogP contribution in [0.1, 0.15) is 52.7 Å². The highest BCUT2D eigenvalue weighted by molar-refractivity contribution is 6.32. The van der Waals surface area contributed by atoms with Crippen molar-refractivity contribution >= 4 is 154 Å². The first kappa shape index (κ1) is 45.3. The molecule has 0 bridgehead atoms. The average Bonchev–Trinajstić information content (AvgIpc) is 4.38. The van der Waals surface area contributed by atoms with E-state index in [-0.39, 0.29) is 10.8 Å². The summed E-state index contributed by atoms with van der Waals surface area (Å²) in [6, 6.07) is 80.5. The number of nitrogens with zero attached hydrogens (tertiary/aromatic N) is 4. The lowest BCUT2D eigenvalue weighted by Gasteiger charge is -2.28. The van der Waals surface area contributed by atoms with E-state index in [2.05, 4.69) is 279 Å². The van der Waals surface area contributed by atoms with Gasteiger partial charge in [-0.15, -0.1) is 0 Å². The predicted octanol–water partition coefficient (Wildman–Crippen LogP) is 21.3. The molecule has 6 nitrogen and oxygen atoms in total. The molecule has 0 saturated heterocycles. The molecule has 0 aliphatic heterocycles. The largest absolute Gasteiger partial charge is 0.454 e. The number of hydrogen-bond donors (Lipinski definition) is 0. The number of rotatable bonds is 6. The minimum absolute atomic E-state index is 0.00144. The molecule has 0 atom stereocenters. The minimum atomic E-state index is 0.00144. The van der Waals surface area contributed by atoms with E-state index in [9.17, 15) is 0 Å². The van der Waals surface area contributed by atoms with Gasteiger partial charge in [-0.1, -0.05) is 175 Å². The van der Waals surface area contributed by atoms with Crippen LogP contribution in [0.25, 0.3) is 120 Å². The van der Waals surface area contributed by atoms with Crippen LogP contribution in [0.4, 0.5) is 34.1 Å². The summed E-state index contributed by atoms with van der Waals surface area (Å²) in [6.07, 6.45) is 0. The summed E-state index contributed by atoms with van der Waals surface area (Å²) in [5.41, 5.74) is 19.6. The molecule has 6 heteroatoms. The number of fused-ring (bicyclic) bond motifs is 18. The van der Waals surface area contributed by atoms with Crippen molar-refractivity contribution < 1.29 is 8.83 Å². The van der Waals surface area contributed by atoms with Gasteiger partial charge >= 0.3 is 0 Å². The molecule has 6 aromatic heterocycles. The van der Waals surface area contributed by atoms with Gasteiger partial charge < -0.3 is 27.4 Å². The van der Waals surface area contributed by atoms with Crippen LogP contribution in [0, 0.1) is 0 Å². The van der Waals surface area contributed by atoms with E-state index in [1.165, 1.54) is 87.3 Å². The standard InChI is InChI=1S/C74H54N4O2/c1-73(2,3)43-29-33-45(34-30-43)75(61-25-15-21-51-47-17-9-13-27-65(47)79-71(51)61)59-39-37-49-55-41-64-56(42-63(55)77-57-23-11-7-19-53(57)67(59)69(49)77)50-38-40-60(68-54-20-8-12-24-58(54)78(64)70(50)68)76(46-35-31-44(32-36-46)74(4,5)6)62-26-16-22-52-48-18-10-14-28-66(48)80-72(52)62/h7-42H,1-6H3. The number of benzene rings is 11. The normalized spacial score (nSPS) is 12.9. The molecule has 6 heterocycles. The van der Waals surface area contributed by atoms with Crippen molar-refractivity contribution in [3.05, 3.63) is 230 Å². The molecule has 0 N–H and O–H groups in total. The molecular weight excluding hydrogens is 977 g/mol. The zero-order chi connectivity index (χ0) is 53.5. The van der Waals surface area contributed by atoms with E-state index in [1.807, 2.05) is 0 Å². The van der Waals surface area contributed by atoms with Crippen molar-refractivity contribution in [1.29, 1.82) is 0 Å². The van der Waals surface area contributed by atoms with Crippen LogP contribution >= 0.6 is 0 Å². The highest BCUT2D eigenvalue weighted by Gasteiger charge is 2.30. The Labute approximate surface area is 461 Å². The maximum Gasteiger partial charge on any atom is 0.159 e. The Bertz CT molecular complexity index is 5050. The van der Waals surface area contributed by atoms with Crippen LogP contribution in [-0.2, 0) is 10.8 Å². The highest BCUT2D eigenvalue weighted by Crippen LogP contribution is 2.53. The molecule has 0 fully saturated rings. The van der Waals surface area contributed by atoms with Gasteiger partial charge in [0, 0.05) is 76.0 Å². The van der Waals surface area contributed by atoms with Gasteiger partial charge in [-0.2, -0.15) is 0 Å². The molecule has 0 aliphatic rings. The van der Waals surface area contributed by atoms with Crippen LogP contribution in [0.3, 0.4) is 0 Å². The van der Waals surface area contributed by atoms with Gasteiger partial charge in [0.1, 0.15) is 11.2 Å². The summed E-state index contributed by atoms with van der Waals surface area (Å²) in [5, 5.41) is 14.1. The van der Waals surface area contributed by atoms with Crippen molar-refractivity contribution in [2.24, 2.45) is 0 Å². The molecule has 0 aliphatic carbocycles. The summed E-state index contributed by atoms with van der Waals surface area (Å²) in [5.74, 6) is 0. The first-order valence-electron chi connectivity index (χ1n) is 27.9. The number of furan rings is 2. The molecule has 0 saturated carbocycles. The molecule has 0 unspecified atom stereocenters. The van der Waals surface area contributed by atoms with Crippen LogP contribution in [0.15, 0.2) is 227 Å². The van der Waals surface area contributed by atoms with Crippen molar-refractivity contribution in [3.63, 3.8) is 0 Å². The lowest BCUT2D eigenvalue weighted by molar-refractivity contribution is 0.590.